The fourth-order valence-electron chi connectivity index (χ4n) is 2.98. The summed E-state index contributed by atoms with van der Waals surface area (Å²) in [6.45, 7) is 6.05. The molecule has 3 rings (SSSR count). The van der Waals surface area contributed by atoms with Crippen LogP contribution in [-0.4, -0.2) is 28.6 Å². The normalized spacial score (nSPS) is 18.8. The zero-order valence-corrected chi connectivity index (χ0v) is 11.9. The van der Waals surface area contributed by atoms with Gasteiger partial charge in [-0.25, -0.2) is 4.39 Å². The quantitative estimate of drug-likeness (QED) is 0.933. The van der Waals surface area contributed by atoms with E-state index in [1.165, 1.54) is 25.0 Å². The van der Waals surface area contributed by atoms with E-state index < -0.39 is 6.10 Å². The Kier molecular flexibility index (Phi) is 3.30. The number of hydrogen-bond donors (Lipinski definition) is 1. The number of likely N-dealkylation sites (tertiary alicyclic amines) is 1. The van der Waals surface area contributed by atoms with Gasteiger partial charge in [-0.2, -0.15) is 0 Å². The summed E-state index contributed by atoms with van der Waals surface area (Å²) >= 11 is 0. The topological polar surface area (TPSA) is 36.6 Å². The Balaban J connectivity index is 1.92. The molecule has 1 aliphatic heterocycles. The lowest BCUT2D eigenvalue weighted by molar-refractivity contribution is -0.0102. The molecule has 0 spiro atoms. The molecule has 1 aromatic carbocycles. The number of aliphatic hydroxyl groups excluding tert-OH is 1. The van der Waals surface area contributed by atoms with Crippen LogP contribution in [0.1, 0.15) is 38.6 Å². The molecule has 2 heterocycles. The van der Waals surface area contributed by atoms with Crippen molar-refractivity contribution in [3.8, 4) is 0 Å². The highest BCUT2D eigenvalue weighted by Gasteiger charge is 2.38. The zero-order chi connectivity index (χ0) is 14.3. The van der Waals surface area contributed by atoms with E-state index in [4.69, 9.17) is 4.42 Å². The van der Waals surface area contributed by atoms with Gasteiger partial charge in [0.1, 0.15) is 23.3 Å². The number of benzene rings is 1. The van der Waals surface area contributed by atoms with Crippen LogP contribution >= 0.6 is 0 Å². The second-order valence-corrected chi connectivity index (χ2v) is 6.08. The standard InChI is InChI=1S/C16H20FNO2/c1-16(2,18-7-3-4-8-18)15(19)14-10-11-9-12(17)5-6-13(11)20-14/h5-6,9-10,15,19H,3-4,7-8H2,1-2H3. The Hall–Kier alpha value is -1.39. The monoisotopic (exact) mass is 277 g/mol. The van der Waals surface area contributed by atoms with Gasteiger partial charge in [-0.3, -0.25) is 4.90 Å². The van der Waals surface area contributed by atoms with E-state index in [0.717, 1.165) is 13.1 Å². The second-order valence-electron chi connectivity index (χ2n) is 6.08. The summed E-state index contributed by atoms with van der Waals surface area (Å²) in [5.41, 5.74) is 0.223. The largest absolute Gasteiger partial charge is 0.458 e. The number of aliphatic hydroxyl groups is 1. The van der Waals surface area contributed by atoms with Crippen molar-refractivity contribution >= 4 is 11.0 Å². The molecular weight excluding hydrogens is 257 g/mol. The zero-order valence-electron chi connectivity index (χ0n) is 11.9. The van der Waals surface area contributed by atoms with Crippen LogP contribution < -0.4 is 0 Å². The van der Waals surface area contributed by atoms with E-state index in [-0.39, 0.29) is 11.4 Å². The molecular formula is C16H20FNO2. The molecule has 1 unspecified atom stereocenters. The van der Waals surface area contributed by atoms with Crippen LogP contribution in [0.25, 0.3) is 11.0 Å². The molecule has 4 heteroatoms. The summed E-state index contributed by atoms with van der Waals surface area (Å²) in [5.74, 6) is 0.209. The Morgan fingerprint density at radius 1 is 1.25 bits per heavy atom. The Labute approximate surface area is 118 Å². The summed E-state index contributed by atoms with van der Waals surface area (Å²) in [6.07, 6.45) is 1.61. The summed E-state index contributed by atoms with van der Waals surface area (Å²) < 4.78 is 18.9. The molecule has 108 valence electrons. The maximum Gasteiger partial charge on any atom is 0.135 e. The lowest BCUT2D eigenvalue weighted by Gasteiger charge is -2.38. The SMILES string of the molecule is CC(C)(C(O)c1cc2cc(F)ccc2o1)N1CCCC1. The minimum Gasteiger partial charge on any atom is -0.458 e. The second kappa shape index (κ2) is 4.86. The van der Waals surface area contributed by atoms with Crippen molar-refractivity contribution in [2.45, 2.75) is 38.3 Å². The molecule has 1 atom stereocenters. The molecule has 0 amide bonds. The fourth-order valence-corrected chi connectivity index (χ4v) is 2.98. The number of nitrogens with zero attached hydrogens (tertiary/aromatic N) is 1. The highest BCUT2D eigenvalue weighted by molar-refractivity contribution is 5.78. The molecule has 0 bridgehead atoms. The lowest BCUT2D eigenvalue weighted by atomic mass is 9.93. The smallest absolute Gasteiger partial charge is 0.135 e. The first-order valence-corrected chi connectivity index (χ1v) is 7.10. The summed E-state index contributed by atoms with van der Waals surface area (Å²) in [5, 5.41) is 11.3. The van der Waals surface area contributed by atoms with Gasteiger partial charge in [-0.15, -0.1) is 0 Å². The van der Waals surface area contributed by atoms with Gasteiger partial charge in [-0.1, -0.05) is 0 Å². The molecule has 0 saturated carbocycles. The predicted octanol–water partition coefficient (Wildman–Crippen LogP) is 3.48. The molecule has 2 aromatic rings. The van der Waals surface area contributed by atoms with Crippen LogP contribution in [0.2, 0.25) is 0 Å². The van der Waals surface area contributed by atoms with Gasteiger partial charge >= 0.3 is 0 Å². The first kappa shape index (κ1) is 13.6. The molecule has 1 fully saturated rings. The summed E-state index contributed by atoms with van der Waals surface area (Å²) in [7, 11) is 0. The van der Waals surface area contributed by atoms with E-state index in [9.17, 15) is 9.50 Å². The van der Waals surface area contributed by atoms with Crippen LogP contribution in [0.15, 0.2) is 28.7 Å². The van der Waals surface area contributed by atoms with Gasteiger partial charge in [0.25, 0.3) is 0 Å². The van der Waals surface area contributed by atoms with Crippen molar-refractivity contribution < 1.29 is 13.9 Å². The number of fused-ring (bicyclic) bond motifs is 1. The first-order valence-electron chi connectivity index (χ1n) is 7.10. The van der Waals surface area contributed by atoms with E-state index in [1.54, 1.807) is 12.1 Å². The van der Waals surface area contributed by atoms with E-state index in [0.29, 0.717) is 16.7 Å². The maximum absolute atomic E-state index is 13.2. The van der Waals surface area contributed by atoms with Crippen LogP contribution in [0, 0.1) is 5.82 Å². The summed E-state index contributed by atoms with van der Waals surface area (Å²) in [6, 6.07) is 6.14. The van der Waals surface area contributed by atoms with Crippen molar-refractivity contribution in [3.63, 3.8) is 0 Å². The average Bonchev–Trinajstić information content (AvgIpc) is 3.06. The van der Waals surface area contributed by atoms with Gasteiger partial charge in [0.15, 0.2) is 0 Å². The molecule has 3 nitrogen and oxygen atoms in total. The lowest BCUT2D eigenvalue weighted by Crippen LogP contribution is -2.46. The first-order chi connectivity index (χ1) is 9.48. The molecule has 20 heavy (non-hydrogen) atoms. The molecule has 1 aliphatic rings. The third-order valence-electron chi connectivity index (χ3n) is 4.36. The third kappa shape index (κ3) is 2.23. The minimum absolute atomic E-state index is 0.293. The highest BCUT2D eigenvalue weighted by Crippen LogP contribution is 2.35. The van der Waals surface area contributed by atoms with Crippen LogP contribution in [0.5, 0.6) is 0 Å². The van der Waals surface area contributed by atoms with Crippen LogP contribution in [0.3, 0.4) is 0 Å². The van der Waals surface area contributed by atoms with Gasteiger partial charge in [0.05, 0.1) is 0 Å². The van der Waals surface area contributed by atoms with Crippen molar-refractivity contribution in [3.05, 3.63) is 35.8 Å². The molecule has 1 aromatic heterocycles. The average molecular weight is 277 g/mol. The Bertz CT molecular complexity index is 614. The number of hydrogen-bond acceptors (Lipinski definition) is 3. The van der Waals surface area contributed by atoms with Crippen LogP contribution in [0.4, 0.5) is 4.39 Å². The highest BCUT2D eigenvalue weighted by atomic mass is 19.1. The molecule has 1 N–H and O–H groups in total. The minimum atomic E-state index is -0.726. The maximum atomic E-state index is 13.2. The van der Waals surface area contributed by atoms with E-state index >= 15 is 0 Å². The molecule has 0 aliphatic carbocycles. The number of rotatable bonds is 3. The third-order valence-corrected chi connectivity index (χ3v) is 4.36. The number of halogens is 1. The molecule has 1 saturated heterocycles. The van der Waals surface area contributed by atoms with E-state index in [2.05, 4.69) is 4.90 Å². The molecule has 0 radical (unpaired) electrons. The van der Waals surface area contributed by atoms with Gasteiger partial charge in [0.2, 0.25) is 0 Å². The Morgan fingerprint density at radius 2 is 1.95 bits per heavy atom. The number of furan rings is 1. The van der Waals surface area contributed by atoms with Gasteiger partial charge < -0.3 is 9.52 Å². The van der Waals surface area contributed by atoms with Crippen molar-refractivity contribution in [2.24, 2.45) is 0 Å². The summed E-state index contributed by atoms with van der Waals surface area (Å²) in [4.78, 5) is 2.28. The Morgan fingerprint density at radius 3 is 2.65 bits per heavy atom. The predicted molar refractivity (Wildman–Crippen MR) is 76.0 cm³/mol. The van der Waals surface area contributed by atoms with Crippen LogP contribution in [-0.2, 0) is 0 Å². The fraction of sp³-hybridized carbons (Fsp3) is 0.500. The van der Waals surface area contributed by atoms with Gasteiger partial charge in [0, 0.05) is 10.9 Å². The van der Waals surface area contributed by atoms with Crippen molar-refractivity contribution in [1.29, 1.82) is 0 Å². The van der Waals surface area contributed by atoms with Gasteiger partial charge in [-0.05, 0) is 64.0 Å². The van der Waals surface area contributed by atoms with Crippen molar-refractivity contribution in [2.75, 3.05) is 13.1 Å². The van der Waals surface area contributed by atoms with Crippen molar-refractivity contribution in [1.82, 2.24) is 4.90 Å². The van der Waals surface area contributed by atoms with E-state index in [1.807, 2.05) is 13.8 Å².